The van der Waals surface area contributed by atoms with Crippen LogP contribution in [0.2, 0.25) is 0 Å². The number of nitrogens with two attached hydrogens (primary N) is 1. The molecule has 1 unspecified atom stereocenters. The van der Waals surface area contributed by atoms with Gasteiger partial charge in [-0.1, -0.05) is 163 Å². The number of phosphoric acid groups is 1. The Bertz CT molecular complexity index is 1300. The van der Waals surface area contributed by atoms with Crippen molar-refractivity contribution in [3.63, 3.8) is 0 Å². The molecular weight excluding hydrogens is 757 g/mol. The van der Waals surface area contributed by atoms with E-state index in [0.29, 0.717) is 12.8 Å². The highest BCUT2D eigenvalue weighted by atomic mass is 31.2. The van der Waals surface area contributed by atoms with Crippen LogP contribution in [-0.4, -0.2) is 59.9 Å². The van der Waals surface area contributed by atoms with Crippen molar-refractivity contribution >= 4 is 25.7 Å². The van der Waals surface area contributed by atoms with E-state index in [1.165, 1.54) is 64.2 Å². The van der Waals surface area contributed by atoms with Crippen molar-refractivity contribution in [1.82, 2.24) is 0 Å². The van der Waals surface area contributed by atoms with Crippen LogP contribution in [0.4, 0.5) is 0 Å². The quantitative estimate of drug-likeness (QED) is 0.0233. The summed E-state index contributed by atoms with van der Waals surface area (Å²) >= 11 is 0. The van der Waals surface area contributed by atoms with Gasteiger partial charge in [-0.2, -0.15) is 0 Å². The Hall–Kier alpha value is -3.34. The minimum Gasteiger partial charge on any atom is -0.480 e. The van der Waals surface area contributed by atoms with Gasteiger partial charge in [0.25, 0.3) is 0 Å². The van der Waals surface area contributed by atoms with Crippen LogP contribution < -0.4 is 5.73 Å². The summed E-state index contributed by atoms with van der Waals surface area (Å²) in [5, 5.41) is 8.88. The van der Waals surface area contributed by atoms with E-state index in [1.807, 2.05) is 18.2 Å². The SMILES string of the molecule is CC/C=C/C/C=C/C/C=C/C/C=C/C/C=C/C/C=C/CCC(=O)OC[C@H](COP(=O)(O)OC[C@H](N)C(=O)O)OC(=O)CC/C=C/CCCCCCCCCCCCC. The fraction of sp³-hybridized carbons (Fsp3) is 0.630. The number of aliphatic carboxylic acids is 1. The predicted molar refractivity (Wildman–Crippen MR) is 235 cm³/mol. The number of esters is 2. The molecule has 0 aliphatic rings. The van der Waals surface area contributed by atoms with Gasteiger partial charge in [0.15, 0.2) is 6.10 Å². The zero-order chi connectivity index (χ0) is 42.8. The summed E-state index contributed by atoms with van der Waals surface area (Å²) in [6, 6.07) is -1.54. The van der Waals surface area contributed by atoms with Crippen LogP contribution in [0.15, 0.2) is 85.1 Å². The van der Waals surface area contributed by atoms with Crippen LogP contribution in [0.5, 0.6) is 0 Å². The van der Waals surface area contributed by atoms with Crippen molar-refractivity contribution in [2.24, 2.45) is 5.73 Å². The lowest BCUT2D eigenvalue weighted by molar-refractivity contribution is -0.161. The molecule has 12 heteroatoms. The molecule has 3 atom stereocenters. The van der Waals surface area contributed by atoms with Gasteiger partial charge >= 0.3 is 25.7 Å². The highest BCUT2D eigenvalue weighted by molar-refractivity contribution is 7.47. The van der Waals surface area contributed by atoms with E-state index in [-0.39, 0.29) is 12.8 Å². The highest BCUT2D eigenvalue weighted by Crippen LogP contribution is 2.43. The third-order valence-electron chi connectivity index (χ3n) is 8.65. The molecule has 11 nitrogen and oxygen atoms in total. The number of hydrogen-bond acceptors (Lipinski definition) is 9. The fourth-order valence-corrected chi connectivity index (χ4v) is 6.06. The number of allylic oxidation sites excluding steroid dienone is 14. The third kappa shape index (κ3) is 39.5. The van der Waals surface area contributed by atoms with Gasteiger partial charge in [0.05, 0.1) is 13.2 Å². The second kappa shape index (κ2) is 40.4. The third-order valence-corrected chi connectivity index (χ3v) is 9.60. The summed E-state index contributed by atoms with van der Waals surface area (Å²) in [5.41, 5.74) is 5.32. The Kier molecular flexibility index (Phi) is 38.1. The van der Waals surface area contributed by atoms with Crippen molar-refractivity contribution < 1.29 is 47.5 Å². The summed E-state index contributed by atoms with van der Waals surface area (Å²) in [6.07, 6.45) is 49.6. The second-order valence-corrected chi connectivity index (χ2v) is 15.5. The van der Waals surface area contributed by atoms with Crippen molar-refractivity contribution in [3.05, 3.63) is 85.1 Å². The van der Waals surface area contributed by atoms with E-state index in [9.17, 15) is 23.8 Å². The predicted octanol–water partition coefficient (Wildman–Crippen LogP) is 11.5. The summed E-state index contributed by atoms with van der Waals surface area (Å²) < 4.78 is 32.5. The molecule has 0 spiro atoms. The van der Waals surface area contributed by atoms with E-state index in [0.717, 1.165) is 51.4 Å². The van der Waals surface area contributed by atoms with Gasteiger partial charge in [-0.15, -0.1) is 0 Å². The fourth-order valence-electron chi connectivity index (χ4n) is 5.28. The lowest BCUT2D eigenvalue weighted by Crippen LogP contribution is -2.34. The molecule has 0 aromatic heterocycles. The van der Waals surface area contributed by atoms with Crippen molar-refractivity contribution in [1.29, 1.82) is 0 Å². The molecule has 0 amide bonds. The molecule has 0 aromatic rings. The van der Waals surface area contributed by atoms with E-state index in [1.54, 1.807) is 0 Å². The van der Waals surface area contributed by atoms with E-state index < -0.39 is 57.7 Å². The van der Waals surface area contributed by atoms with Gasteiger partial charge in [-0.3, -0.25) is 23.4 Å². The van der Waals surface area contributed by atoms with Crippen LogP contribution in [0.1, 0.15) is 155 Å². The lowest BCUT2D eigenvalue weighted by Gasteiger charge is -2.20. The molecule has 0 saturated heterocycles. The zero-order valence-electron chi connectivity index (χ0n) is 35.6. The summed E-state index contributed by atoms with van der Waals surface area (Å²) in [5.74, 6) is -2.55. The molecule has 0 rings (SSSR count). The Morgan fingerprint density at radius 1 is 0.552 bits per heavy atom. The van der Waals surface area contributed by atoms with Crippen molar-refractivity contribution in [3.8, 4) is 0 Å². The Labute approximate surface area is 350 Å². The number of carbonyl (C=O) groups excluding carboxylic acids is 2. The van der Waals surface area contributed by atoms with Gasteiger partial charge < -0.3 is 25.2 Å². The first kappa shape index (κ1) is 54.7. The Morgan fingerprint density at radius 3 is 1.47 bits per heavy atom. The normalized spacial score (nSPS) is 14.6. The first-order valence-electron chi connectivity index (χ1n) is 21.6. The molecule has 0 heterocycles. The number of carboxylic acids is 1. The highest BCUT2D eigenvalue weighted by Gasteiger charge is 2.28. The number of hydrogen-bond donors (Lipinski definition) is 3. The Morgan fingerprint density at radius 2 is 0.966 bits per heavy atom. The summed E-state index contributed by atoms with van der Waals surface area (Å²) in [6.45, 7) is 2.56. The van der Waals surface area contributed by atoms with E-state index >= 15 is 0 Å². The molecule has 58 heavy (non-hydrogen) atoms. The average molecular weight is 834 g/mol. The minimum atomic E-state index is -4.75. The maximum atomic E-state index is 12.6. The molecule has 0 aliphatic heterocycles. The standard InChI is InChI=1S/C46H76NO10P/c1-3-5-7-9-11-13-15-17-19-20-21-22-24-25-27-29-31-33-35-37-44(48)54-39-42(40-55-58(52,53)56-41-43(47)46(50)51)57-45(49)38-36-34-32-30-28-26-23-18-16-14-12-10-8-6-4-2/h5,7,11,13,17,19,21-22,25,27,31-34,42-43H,3-4,6,8-10,12,14-16,18,20,23-24,26,28-30,35-41,47H2,1-2H3,(H,50,51)(H,52,53)/b7-5+,13-11+,19-17+,22-21+,27-25+,33-31+,34-32+/t42-,43+/m1/s1. The largest absolute Gasteiger partial charge is 0.480 e. The number of ether oxygens (including phenoxy) is 2. The lowest BCUT2D eigenvalue weighted by atomic mass is 10.1. The van der Waals surface area contributed by atoms with Crippen LogP contribution in [0.25, 0.3) is 0 Å². The first-order chi connectivity index (χ1) is 28.1. The van der Waals surface area contributed by atoms with Crippen LogP contribution >= 0.6 is 7.82 Å². The average Bonchev–Trinajstić information content (AvgIpc) is 3.20. The van der Waals surface area contributed by atoms with Crippen molar-refractivity contribution in [2.45, 2.75) is 167 Å². The number of unbranched alkanes of at least 4 members (excludes halogenated alkanes) is 11. The van der Waals surface area contributed by atoms with E-state index in [4.69, 9.17) is 24.8 Å². The Balaban J connectivity index is 4.54. The van der Waals surface area contributed by atoms with Gasteiger partial charge in [0, 0.05) is 12.8 Å². The summed E-state index contributed by atoms with van der Waals surface area (Å²) in [4.78, 5) is 45.9. The van der Waals surface area contributed by atoms with Gasteiger partial charge in [-0.25, -0.2) is 4.57 Å². The molecule has 0 aliphatic carbocycles. The molecule has 0 aromatic carbocycles. The number of carbonyl (C=O) groups is 3. The van der Waals surface area contributed by atoms with Crippen LogP contribution in [0.3, 0.4) is 0 Å². The monoisotopic (exact) mass is 834 g/mol. The maximum Gasteiger partial charge on any atom is 0.472 e. The number of rotatable bonds is 39. The second-order valence-electron chi connectivity index (χ2n) is 14.1. The number of carboxylic acid groups (broad SMARTS) is 1. The topological polar surface area (TPSA) is 172 Å². The molecule has 0 fully saturated rings. The molecule has 330 valence electrons. The smallest absolute Gasteiger partial charge is 0.472 e. The molecule has 0 bridgehead atoms. The van der Waals surface area contributed by atoms with Crippen molar-refractivity contribution in [2.75, 3.05) is 19.8 Å². The molecule has 0 saturated carbocycles. The first-order valence-corrected chi connectivity index (χ1v) is 23.1. The van der Waals surface area contributed by atoms with Gasteiger partial charge in [-0.05, 0) is 64.2 Å². The van der Waals surface area contributed by atoms with Crippen LogP contribution in [0, 0.1) is 0 Å². The number of phosphoric ester groups is 1. The summed E-state index contributed by atoms with van der Waals surface area (Å²) in [7, 11) is -4.75. The van der Waals surface area contributed by atoms with Crippen LogP contribution in [-0.2, 0) is 37.5 Å². The minimum absolute atomic E-state index is 0.0582. The maximum absolute atomic E-state index is 12.6. The molecular formula is C46H76NO10P. The van der Waals surface area contributed by atoms with Gasteiger partial charge in [0.2, 0.25) is 0 Å². The molecule has 4 N–H and O–H groups in total. The zero-order valence-corrected chi connectivity index (χ0v) is 36.5. The molecule has 0 radical (unpaired) electrons. The van der Waals surface area contributed by atoms with E-state index in [2.05, 4.69) is 85.2 Å². The van der Waals surface area contributed by atoms with Gasteiger partial charge in [0.1, 0.15) is 12.6 Å².